The molecule has 1 atom stereocenters. The monoisotopic (exact) mass is 693 g/mol. The molecule has 0 spiro atoms. The smallest absolute Gasteiger partial charge is 0.301 e. The summed E-state index contributed by atoms with van der Waals surface area (Å²) in [5.74, 6) is 0.542. The van der Waals surface area contributed by atoms with Gasteiger partial charge in [-0.05, 0) is 66.9 Å². The Bertz CT molecular complexity index is 1810. The summed E-state index contributed by atoms with van der Waals surface area (Å²) in [7, 11) is 0. The summed E-state index contributed by atoms with van der Waals surface area (Å²) in [5, 5.41) is 21.2. The lowest BCUT2D eigenvalue weighted by molar-refractivity contribution is -0.132. The lowest BCUT2D eigenvalue weighted by atomic mass is 9.95. The highest BCUT2D eigenvalue weighted by Gasteiger charge is 2.48. The number of amides is 1. The van der Waals surface area contributed by atoms with Crippen molar-refractivity contribution in [1.82, 2.24) is 10.2 Å². The van der Waals surface area contributed by atoms with Crippen LogP contribution in [0.15, 0.2) is 70.6 Å². The van der Waals surface area contributed by atoms with Crippen LogP contribution in [0.3, 0.4) is 0 Å². The number of Topliss-reactive ketones (excluding diaryl/α,β-unsaturated/α-hetero) is 1. The van der Waals surface area contributed by atoms with Gasteiger partial charge in [-0.2, -0.15) is 0 Å². The molecule has 1 amide bonds. The molecule has 6 rings (SSSR count). The molecule has 4 aromatic rings. The standard InChI is InChI=1S/C34H32ClN3O7S2/c1-3-5-14-43-24-12-8-21(17-26(24)42-4-2)29-28(30(39)22-9-13-25-27(18-22)45-16-15-44-25)31(40)32(41)38(29)33-36-37-34(47-33)46-19-20-6-10-23(35)11-7-20/h6-13,17-18,29,39H,3-5,14-16,19H2,1-2H3/t29-/m1/s1. The zero-order valence-corrected chi connectivity index (χ0v) is 28.1. The Hall–Kier alpha value is -4.26. The molecule has 0 bridgehead atoms. The van der Waals surface area contributed by atoms with Gasteiger partial charge in [0, 0.05) is 16.3 Å². The van der Waals surface area contributed by atoms with Gasteiger partial charge in [0.25, 0.3) is 5.78 Å². The van der Waals surface area contributed by atoms with Gasteiger partial charge in [-0.3, -0.25) is 14.5 Å². The second-order valence-corrected chi connectivity index (χ2v) is 13.2. The summed E-state index contributed by atoms with van der Waals surface area (Å²) in [6.07, 6.45) is 1.84. The third-order valence-corrected chi connectivity index (χ3v) is 9.86. The maximum Gasteiger partial charge on any atom is 0.301 e. The molecule has 1 fully saturated rings. The number of aromatic nitrogens is 2. The molecule has 0 unspecified atom stereocenters. The summed E-state index contributed by atoms with van der Waals surface area (Å²) >= 11 is 8.66. The molecule has 0 radical (unpaired) electrons. The second-order valence-electron chi connectivity index (χ2n) is 10.6. The average Bonchev–Trinajstić information content (AvgIpc) is 3.66. The van der Waals surface area contributed by atoms with Gasteiger partial charge in [0.15, 0.2) is 27.3 Å². The molecule has 0 saturated carbocycles. The minimum atomic E-state index is -1.03. The number of carbonyl (C=O) groups excluding carboxylic acids is 2. The van der Waals surface area contributed by atoms with Crippen LogP contribution in [0.4, 0.5) is 5.13 Å². The van der Waals surface area contributed by atoms with Crippen LogP contribution in [-0.4, -0.2) is 53.4 Å². The highest BCUT2D eigenvalue weighted by molar-refractivity contribution is 8.00. The number of unbranched alkanes of at least 4 members (excludes halogenated alkanes) is 1. The van der Waals surface area contributed by atoms with E-state index in [0.29, 0.717) is 75.7 Å². The predicted octanol–water partition coefficient (Wildman–Crippen LogP) is 7.46. The number of hydrogen-bond donors (Lipinski definition) is 1. The van der Waals surface area contributed by atoms with Crippen molar-refractivity contribution in [2.75, 3.05) is 31.3 Å². The molecular weight excluding hydrogens is 662 g/mol. The molecule has 2 aliphatic rings. The highest BCUT2D eigenvalue weighted by Crippen LogP contribution is 2.46. The number of nitrogens with zero attached hydrogens (tertiary/aromatic N) is 3. The maximum atomic E-state index is 13.8. The van der Waals surface area contributed by atoms with Crippen LogP contribution < -0.4 is 23.8 Å². The van der Waals surface area contributed by atoms with Crippen molar-refractivity contribution in [2.45, 2.75) is 42.8 Å². The van der Waals surface area contributed by atoms with E-state index >= 15 is 0 Å². The summed E-state index contributed by atoms with van der Waals surface area (Å²) in [4.78, 5) is 28.9. The van der Waals surface area contributed by atoms with Gasteiger partial charge in [0.1, 0.15) is 19.0 Å². The van der Waals surface area contributed by atoms with Crippen LogP contribution in [0, 0.1) is 0 Å². The number of ketones is 1. The van der Waals surface area contributed by atoms with E-state index in [1.807, 2.05) is 31.2 Å². The van der Waals surface area contributed by atoms with E-state index in [0.717, 1.165) is 18.4 Å². The second kappa shape index (κ2) is 14.7. The third kappa shape index (κ3) is 7.04. The van der Waals surface area contributed by atoms with Gasteiger partial charge in [0.05, 0.1) is 24.8 Å². The number of fused-ring (bicyclic) bond motifs is 1. The zero-order valence-electron chi connectivity index (χ0n) is 25.7. The number of aliphatic hydroxyl groups excluding tert-OH is 1. The molecule has 1 aromatic heterocycles. The van der Waals surface area contributed by atoms with Crippen LogP contribution in [-0.2, 0) is 15.3 Å². The van der Waals surface area contributed by atoms with Crippen LogP contribution in [0.25, 0.3) is 5.76 Å². The van der Waals surface area contributed by atoms with E-state index in [9.17, 15) is 14.7 Å². The predicted molar refractivity (Wildman–Crippen MR) is 181 cm³/mol. The first-order valence-electron chi connectivity index (χ1n) is 15.2. The first kappa shape index (κ1) is 32.7. The van der Waals surface area contributed by atoms with Crippen molar-refractivity contribution in [3.05, 3.63) is 87.9 Å². The summed E-state index contributed by atoms with van der Waals surface area (Å²) < 4.78 is 23.9. The molecule has 47 heavy (non-hydrogen) atoms. The summed E-state index contributed by atoms with van der Waals surface area (Å²) in [6, 6.07) is 16.6. The molecular formula is C34H32ClN3O7S2. The highest BCUT2D eigenvalue weighted by atomic mass is 35.5. The molecule has 1 saturated heterocycles. The number of halogens is 1. The number of thioether (sulfide) groups is 1. The van der Waals surface area contributed by atoms with E-state index < -0.39 is 17.7 Å². The molecule has 3 heterocycles. The van der Waals surface area contributed by atoms with Crippen LogP contribution >= 0.6 is 34.7 Å². The van der Waals surface area contributed by atoms with Gasteiger partial charge >= 0.3 is 5.91 Å². The normalized spacial score (nSPS) is 16.8. The van der Waals surface area contributed by atoms with Crippen LogP contribution in [0.5, 0.6) is 23.0 Å². The first-order chi connectivity index (χ1) is 22.9. The number of hydrogen-bond acceptors (Lipinski definition) is 11. The quantitative estimate of drug-likeness (QED) is 0.0400. The number of anilines is 1. The largest absolute Gasteiger partial charge is 0.507 e. The fourth-order valence-electron chi connectivity index (χ4n) is 5.18. The molecule has 3 aromatic carbocycles. The van der Waals surface area contributed by atoms with E-state index in [-0.39, 0.29) is 16.5 Å². The molecule has 244 valence electrons. The van der Waals surface area contributed by atoms with E-state index in [2.05, 4.69) is 17.1 Å². The Kier molecular flexibility index (Phi) is 10.2. The van der Waals surface area contributed by atoms with Crippen LogP contribution in [0.1, 0.15) is 49.4 Å². The van der Waals surface area contributed by atoms with Gasteiger partial charge in [-0.15, -0.1) is 10.2 Å². The molecule has 2 aliphatic heterocycles. The number of carbonyl (C=O) groups is 2. The Morgan fingerprint density at radius 2 is 1.79 bits per heavy atom. The van der Waals surface area contributed by atoms with E-state index in [4.69, 9.17) is 30.5 Å². The van der Waals surface area contributed by atoms with Crippen molar-refractivity contribution in [3.63, 3.8) is 0 Å². The molecule has 1 N–H and O–H groups in total. The molecule has 0 aliphatic carbocycles. The molecule has 13 heteroatoms. The number of benzene rings is 3. The summed E-state index contributed by atoms with van der Waals surface area (Å²) in [5.41, 5.74) is 1.78. The van der Waals surface area contributed by atoms with Crippen molar-refractivity contribution in [1.29, 1.82) is 0 Å². The minimum Gasteiger partial charge on any atom is -0.507 e. The minimum absolute atomic E-state index is 0.0978. The topological polar surface area (TPSA) is 120 Å². The SMILES string of the molecule is CCCCOc1ccc([C@@H]2C(=C(O)c3ccc4c(c3)OCCO4)C(=O)C(=O)N2c2nnc(SCc3ccc(Cl)cc3)s2)cc1OCC. The Balaban J connectivity index is 1.41. The number of rotatable bonds is 12. The van der Waals surface area contributed by atoms with Gasteiger partial charge in [-0.25, -0.2) is 0 Å². The van der Waals surface area contributed by atoms with E-state index in [1.54, 1.807) is 36.4 Å². The van der Waals surface area contributed by atoms with Crippen LogP contribution in [0.2, 0.25) is 5.02 Å². The van der Waals surface area contributed by atoms with Crippen molar-refractivity contribution < 1.29 is 33.6 Å². The molecule has 10 nitrogen and oxygen atoms in total. The van der Waals surface area contributed by atoms with Gasteiger partial charge < -0.3 is 24.1 Å². The summed E-state index contributed by atoms with van der Waals surface area (Å²) in [6.45, 7) is 5.58. The van der Waals surface area contributed by atoms with Crippen molar-refractivity contribution in [2.24, 2.45) is 0 Å². The van der Waals surface area contributed by atoms with Gasteiger partial charge in [-0.1, -0.05) is 66.2 Å². The average molecular weight is 694 g/mol. The van der Waals surface area contributed by atoms with Gasteiger partial charge in [0.2, 0.25) is 5.13 Å². The fourth-order valence-corrected chi connectivity index (χ4v) is 7.13. The third-order valence-electron chi connectivity index (χ3n) is 7.48. The Morgan fingerprint density at radius 1 is 1.00 bits per heavy atom. The fraction of sp³-hybridized carbons (Fsp3) is 0.294. The number of aliphatic hydroxyl groups is 1. The lowest BCUT2D eigenvalue weighted by Crippen LogP contribution is -2.29. The lowest BCUT2D eigenvalue weighted by Gasteiger charge is -2.24. The Morgan fingerprint density at radius 3 is 2.55 bits per heavy atom. The number of ether oxygens (including phenoxy) is 4. The Labute approximate surface area is 285 Å². The van der Waals surface area contributed by atoms with E-state index in [1.165, 1.54) is 28.0 Å². The zero-order chi connectivity index (χ0) is 32.9. The maximum absolute atomic E-state index is 13.8. The van der Waals surface area contributed by atoms with Crippen molar-refractivity contribution >= 4 is 57.3 Å². The van der Waals surface area contributed by atoms with Crippen molar-refractivity contribution in [3.8, 4) is 23.0 Å². The first-order valence-corrected chi connectivity index (χ1v) is 17.4.